The lowest BCUT2D eigenvalue weighted by molar-refractivity contribution is -0.135. The van der Waals surface area contributed by atoms with E-state index in [0.717, 1.165) is 57.7 Å². The number of aryl methyl sites for hydroxylation is 2. The molecule has 39 heavy (non-hydrogen) atoms. The largest absolute Gasteiger partial charge is 0.426 e. The van der Waals surface area contributed by atoms with Gasteiger partial charge >= 0.3 is 11.9 Å². The van der Waals surface area contributed by atoms with Gasteiger partial charge in [0.2, 0.25) is 0 Å². The van der Waals surface area contributed by atoms with Crippen molar-refractivity contribution in [2.24, 2.45) is 0 Å². The summed E-state index contributed by atoms with van der Waals surface area (Å²) in [4.78, 5) is 27.4. The number of unbranched alkanes of at least 4 members (excludes halogenated alkanes) is 8. The molecular formula is C34H50O4S. The van der Waals surface area contributed by atoms with Gasteiger partial charge in [0.05, 0.1) is 0 Å². The Kier molecular flexibility index (Phi) is 14.1. The van der Waals surface area contributed by atoms with Crippen LogP contribution in [-0.2, 0) is 9.59 Å². The van der Waals surface area contributed by atoms with Crippen LogP contribution in [0.2, 0.25) is 0 Å². The molecular weight excluding hydrogens is 504 g/mol. The van der Waals surface area contributed by atoms with E-state index in [1.807, 2.05) is 26.0 Å². The number of benzene rings is 2. The van der Waals surface area contributed by atoms with Gasteiger partial charge in [0.25, 0.3) is 0 Å². The van der Waals surface area contributed by atoms with Gasteiger partial charge in [-0.05, 0) is 88.8 Å². The van der Waals surface area contributed by atoms with E-state index in [9.17, 15) is 9.59 Å². The molecule has 5 heteroatoms. The van der Waals surface area contributed by atoms with Crippen molar-refractivity contribution in [3.63, 3.8) is 0 Å². The average molecular weight is 555 g/mol. The lowest BCUT2D eigenvalue weighted by atomic mass is 10.1. The zero-order chi connectivity index (χ0) is 28.9. The van der Waals surface area contributed by atoms with E-state index < -0.39 is 0 Å². The highest BCUT2D eigenvalue weighted by Gasteiger charge is 2.20. The maximum atomic E-state index is 12.6. The SMILES string of the molecule is CCCCCCCC(=O)Oc1cc(C)c(C)c(Sc2c(C)c(C)cc(OC(=O)CCCCCCC)c2C)c1C. The predicted molar refractivity (Wildman–Crippen MR) is 163 cm³/mol. The van der Waals surface area contributed by atoms with Crippen LogP contribution in [0, 0.1) is 41.5 Å². The monoisotopic (exact) mass is 554 g/mol. The minimum Gasteiger partial charge on any atom is -0.426 e. The molecule has 4 nitrogen and oxygen atoms in total. The molecule has 0 bridgehead atoms. The van der Waals surface area contributed by atoms with Gasteiger partial charge < -0.3 is 9.47 Å². The predicted octanol–water partition coefficient (Wildman–Crippen LogP) is 10.2. The number of carbonyl (C=O) groups excluding carboxylic acids is 2. The molecule has 0 atom stereocenters. The zero-order valence-electron chi connectivity index (χ0n) is 25.7. The van der Waals surface area contributed by atoms with Crippen molar-refractivity contribution in [1.82, 2.24) is 0 Å². The van der Waals surface area contributed by atoms with Crippen LogP contribution in [0.5, 0.6) is 11.5 Å². The van der Waals surface area contributed by atoms with Crippen molar-refractivity contribution < 1.29 is 19.1 Å². The Morgan fingerprint density at radius 3 is 1.28 bits per heavy atom. The summed E-state index contributed by atoms with van der Waals surface area (Å²) in [6.07, 6.45) is 11.9. The van der Waals surface area contributed by atoms with Crippen LogP contribution in [0.3, 0.4) is 0 Å². The fourth-order valence-electron chi connectivity index (χ4n) is 4.68. The first-order valence-corrected chi connectivity index (χ1v) is 15.7. The van der Waals surface area contributed by atoms with Crippen molar-refractivity contribution in [2.75, 3.05) is 0 Å². The molecule has 0 saturated carbocycles. The Hall–Kier alpha value is -2.27. The normalized spacial score (nSPS) is 11.1. The highest BCUT2D eigenvalue weighted by atomic mass is 32.2. The molecule has 0 unspecified atom stereocenters. The first-order valence-electron chi connectivity index (χ1n) is 14.9. The van der Waals surface area contributed by atoms with E-state index in [0.29, 0.717) is 24.3 Å². The molecule has 0 radical (unpaired) electrons. The Morgan fingerprint density at radius 1 is 0.564 bits per heavy atom. The summed E-state index contributed by atoms with van der Waals surface area (Å²) >= 11 is 1.68. The topological polar surface area (TPSA) is 52.6 Å². The minimum atomic E-state index is -0.166. The van der Waals surface area contributed by atoms with Crippen molar-refractivity contribution in [3.8, 4) is 11.5 Å². The molecule has 0 fully saturated rings. The van der Waals surface area contributed by atoms with Crippen molar-refractivity contribution >= 4 is 23.7 Å². The lowest BCUT2D eigenvalue weighted by Gasteiger charge is -2.20. The molecule has 2 rings (SSSR count). The highest BCUT2D eigenvalue weighted by molar-refractivity contribution is 7.99. The number of esters is 2. The van der Waals surface area contributed by atoms with Gasteiger partial charge in [-0.1, -0.05) is 77.0 Å². The Bertz CT molecular complexity index is 1030. The van der Waals surface area contributed by atoms with Crippen LogP contribution in [-0.4, -0.2) is 11.9 Å². The van der Waals surface area contributed by atoms with Crippen LogP contribution in [0.4, 0.5) is 0 Å². The summed E-state index contributed by atoms with van der Waals surface area (Å²) in [5, 5.41) is 0. The van der Waals surface area contributed by atoms with Crippen LogP contribution in [0.1, 0.15) is 124 Å². The van der Waals surface area contributed by atoms with E-state index in [4.69, 9.17) is 9.47 Å². The van der Waals surface area contributed by atoms with E-state index in [1.165, 1.54) is 49.7 Å². The van der Waals surface area contributed by atoms with E-state index in [2.05, 4.69) is 41.5 Å². The standard InChI is InChI=1S/C34H50O4S/c1-9-11-13-15-17-19-31(35)37-29-21-23(3)25(5)33(27(29)7)39-34-26(6)24(4)22-30(28(34)8)38-32(36)20-18-16-14-12-10-2/h21-22H,9-20H2,1-8H3. The molecule has 0 amide bonds. The number of rotatable bonds is 16. The molecule has 0 aromatic heterocycles. The van der Waals surface area contributed by atoms with Gasteiger partial charge in [-0.15, -0.1) is 0 Å². The molecule has 0 spiro atoms. The molecule has 216 valence electrons. The number of hydrogen-bond donors (Lipinski definition) is 0. The maximum absolute atomic E-state index is 12.6. The Morgan fingerprint density at radius 2 is 0.923 bits per heavy atom. The summed E-state index contributed by atoms with van der Waals surface area (Å²) in [5.41, 5.74) is 6.45. The van der Waals surface area contributed by atoms with Gasteiger partial charge in [0.1, 0.15) is 11.5 Å². The number of carbonyl (C=O) groups is 2. The lowest BCUT2D eigenvalue weighted by Crippen LogP contribution is -2.10. The van der Waals surface area contributed by atoms with Crippen molar-refractivity contribution in [2.45, 2.75) is 142 Å². The van der Waals surface area contributed by atoms with E-state index >= 15 is 0 Å². The zero-order valence-corrected chi connectivity index (χ0v) is 26.5. The second-order valence-corrected chi connectivity index (χ2v) is 11.9. The van der Waals surface area contributed by atoms with E-state index in [1.54, 1.807) is 11.8 Å². The van der Waals surface area contributed by atoms with Crippen LogP contribution < -0.4 is 9.47 Å². The van der Waals surface area contributed by atoms with Gasteiger partial charge in [0, 0.05) is 33.8 Å². The maximum Gasteiger partial charge on any atom is 0.311 e. The molecule has 0 aliphatic heterocycles. The van der Waals surface area contributed by atoms with Gasteiger partial charge in [0.15, 0.2) is 0 Å². The number of hydrogen-bond acceptors (Lipinski definition) is 5. The highest BCUT2D eigenvalue weighted by Crippen LogP contribution is 2.44. The molecule has 0 saturated heterocycles. The molecule has 2 aromatic rings. The second-order valence-electron chi connectivity index (χ2n) is 10.9. The average Bonchev–Trinajstić information content (AvgIpc) is 2.89. The first kappa shape index (κ1) is 32.9. The minimum absolute atomic E-state index is 0.166. The molecule has 0 N–H and O–H groups in total. The summed E-state index contributed by atoms with van der Waals surface area (Å²) < 4.78 is 11.7. The molecule has 2 aromatic carbocycles. The molecule has 0 heterocycles. The Labute approximate surface area is 241 Å². The van der Waals surface area contributed by atoms with Crippen molar-refractivity contribution in [3.05, 3.63) is 45.5 Å². The second kappa shape index (κ2) is 16.7. The van der Waals surface area contributed by atoms with E-state index in [-0.39, 0.29) is 11.9 Å². The third-order valence-corrected chi connectivity index (χ3v) is 9.23. The fraction of sp³-hybridized carbons (Fsp3) is 0.588. The number of ether oxygens (including phenoxy) is 2. The van der Waals surface area contributed by atoms with Crippen LogP contribution in [0.25, 0.3) is 0 Å². The third-order valence-electron chi connectivity index (χ3n) is 7.60. The molecule has 0 aliphatic carbocycles. The molecule has 0 aliphatic rings. The summed E-state index contributed by atoms with van der Waals surface area (Å²) in [5.74, 6) is 0.940. The third kappa shape index (κ3) is 10.0. The summed E-state index contributed by atoms with van der Waals surface area (Å²) in [6.45, 7) is 16.8. The smallest absolute Gasteiger partial charge is 0.311 e. The van der Waals surface area contributed by atoms with Gasteiger partial charge in [-0.3, -0.25) is 9.59 Å². The van der Waals surface area contributed by atoms with Crippen LogP contribution in [0.15, 0.2) is 21.9 Å². The summed E-state index contributed by atoms with van der Waals surface area (Å²) in [6, 6.07) is 3.96. The van der Waals surface area contributed by atoms with Crippen molar-refractivity contribution in [1.29, 1.82) is 0 Å². The first-order chi connectivity index (χ1) is 18.6. The van der Waals surface area contributed by atoms with Gasteiger partial charge in [-0.2, -0.15) is 0 Å². The fourth-order valence-corrected chi connectivity index (χ4v) is 6.02. The Balaban J connectivity index is 2.23. The summed E-state index contributed by atoms with van der Waals surface area (Å²) in [7, 11) is 0. The van der Waals surface area contributed by atoms with Crippen LogP contribution >= 0.6 is 11.8 Å². The van der Waals surface area contributed by atoms with Gasteiger partial charge in [-0.25, -0.2) is 0 Å². The quantitative estimate of drug-likeness (QED) is 0.117.